The summed E-state index contributed by atoms with van der Waals surface area (Å²) in [6.07, 6.45) is -2.73. The molecule has 0 amide bonds. The van der Waals surface area contributed by atoms with Gasteiger partial charge in [0.2, 0.25) is 0 Å². The molecule has 0 saturated carbocycles. The zero-order valence-corrected chi connectivity index (χ0v) is 11.3. The highest BCUT2D eigenvalue weighted by molar-refractivity contribution is 8.09. The Bertz CT molecular complexity index is 245. The summed E-state index contributed by atoms with van der Waals surface area (Å²) in [6, 6.07) is -0.0538. The van der Waals surface area contributed by atoms with E-state index in [9.17, 15) is 8.78 Å². The fraction of sp³-hybridized carbons (Fsp3) is 1.00. The quantitative estimate of drug-likeness (QED) is 0.574. The third kappa shape index (κ3) is 6.09. The van der Waals surface area contributed by atoms with Gasteiger partial charge in [-0.3, -0.25) is 4.52 Å². The van der Waals surface area contributed by atoms with Crippen molar-refractivity contribution >= 4 is 30.1 Å². The van der Waals surface area contributed by atoms with Crippen molar-refractivity contribution in [3.63, 3.8) is 0 Å². The third-order valence-corrected chi connectivity index (χ3v) is 4.68. The molecule has 0 aromatic carbocycles. The molecule has 8 heteroatoms. The number of hydrogen-bond donors (Lipinski definition) is 1. The molecule has 2 unspecified atom stereocenters. The van der Waals surface area contributed by atoms with E-state index in [0.29, 0.717) is 0 Å². The maximum absolute atomic E-state index is 12.9. The summed E-state index contributed by atoms with van der Waals surface area (Å²) in [5.41, 5.74) is 0. The van der Waals surface area contributed by atoms with Crippen molar-refractivity contribution in [2.75, 3.05) is 13.0 Å². The Labute approximate surface area is 98.7 Å². The molecule has 0 bridgehead atoms. The average Bonchev–Trinajstić information content (AvgIpc) is 2.17. The first kappa shape index (κ1) is 15.7. The van der Waals surface area contributed by atoms with E-state index in [1.165, 1.54) is 7.11 Å². The predicted octanol–water partition coefficient (Wildman–Crippen LogP) is 3.09. The molecule has 0 radical (unpaired) electrons. The lowest BCUT2D eigenvalue weighted by atomic mass is 10.3. The van der Waals surface area contributed by atoms with E-state index in [0.717, 1.165) is 6.42 Å². The summed E-state index contributed by atoms with van der Waals surface area (Å²) in [4.78, 5) is 0. The predicted molar refractivity (Wildman–Crippen MR) is 60.9 cm³/mol. The average molecular weight is 282 g/mol. The number of hydrogen-bond acceptors (Lipinski definition) is 3. The van der Waals surface area contributed by atoms with Crippen LogP contribution in [-0.2, 0) is 20.9 Å². The molecule has 0 aromatic heterocycles. The molecule has 92 valence electrons. The van der Waals surface area contributed by atoms with Crippen LogP contribution in [0, 0.1) is 0 Å². The van der Waals surface area contributed by atoms with Crippen LogP contribution >= 0.6 is 18.2 Å². The largest absolute Gasteiger partial charge is 0.375 e. The zero-order chi connectivity index (χ0) is 12.1. The Morgan fingerprint density at radius 1 is 1.60 bits per heavy atom. The molecular formula is C7H15ClF2NO2PS. The van der Waals surface area contributed by atoms with Gasteiger partial charge in [-0.05, 0) is 25.2 Å². The van der Waals surface area contributed by atoms with Crippen molar-refractivity contribution in [2.45, 2.75) is 32.4 Å². The maximum atomic E-state index is 12.9. The highest BCUT2D eigenvalue weighted by Gasteiger charge is 2.37. The molecule has 0 rings (SSSR count). The second kappa shape index (κ2) is 6.42. The molecule has 0 aliphatic carbocycles. The first-order valence-electron chi connectivity index (χ1n) is 4.36. The van der Waals surface area contributed by atoms with E-state index in [2.05, 4.69) is 9.61 Å². The van der Waals surface area contributed by atoms with Gasteiger partial charge in [-0.2, -0.15) is 8.78 Å². The number of nitrogens with one attached hydrogen (secondary N) is 1. The van der Waals surface area contributed by atoms with E-state index in [-0.39, 0.29) is 6.04 Å². The number of rotatable bonds is 7. The van der Waals surface area contributed by atoms with Crippen LogP contribution in [0.4, 0.5) is 8.78 Å². The van der Waals surface area contributed by atoms with Crippen LogP contribution in [0.1, 0.15) is 20.3 Å². The van der Waals surface area contributed by atoms with E-state index in [1.807, 2.05) is 13.8 Å². The Morgan fingerprint density at radius 2 is 2.13 bits per heavy atom. The second-order valence-electron chi connectivity index (χ2n) is 2.98. The normalized spacial score (nSPS) is 18.5. The highest BCUT2D eigenvalue weighted by atomic mass is 35.5. The van der Waals surface area contributed by atoms with Crippen molar-refractivity contribution in [1.29, 1.82) is 0 Å². The van der Waals surface area contributed by atoms with Crippen molar-refractivity contribution in [2.24, 2.45) is 0 Å². The topological polar surface area (TPSA) is 30.5 Å². The Morgan fingerprint density at radius 3 is 2.47 bits per heavy atom. The fourth-order valence-corrected chi connectivity index (χ4v) is 3.05. The Hall–Kier alpha value is 0.680. The van der Waals surface area contributed by atoms with Gasteiger partial charge < -0.3 is 4.52 Å². The van der Waals surface area contributed by atoms with Crippen LogP contribution in [0.15, 0.2) is 0 Å². The van der Waals surface area contributed by atoms with E-state index >= 15 is 0 Å². The minimum absolute atomic E-state index is 0.0538. The van der Waals surface area contributed by atoms with Crippen LogP contribution in [0.5, 0.6) is 0 Å². The third-order valence-electron chi connectivity index (χ3n) is 1.64. The van der Waals surface area contributed by atoms with Gasteiger partial charge in [0, 0.05) is 13.2 Å². The molecule has 0 saturated heterocycles. The fourth-order valence-electron chi connectivity index (χ4n) is 0.678. The molecule has 15 heavy (non-hydrogen) atoms. The van der Waals surface area contributed by atoms with Gasteiger partial charge in [0.15, 0.2) is 0 Å². The Kier molecular flexibility index (Phi) is 6.72. The second-order valence-corrected chi connectivity index (χ2v) is 6.49. The first-order chi connectivity index (χ1) is 6.78. The van der Waals surface area contributed by atoms with Crippen molar-refractivity contribution in [1.82, 2.24) is 5.09 Å². The molecule has 0 heterocycles. The van der Waals surface area contributed by atoms with Gasteiger partial charge in [-0.15, -0.1) is 11.6 Å². The molecule has 0 aliphatic rings. The number of alkyl halides is 3. The van der Waals surface area contributed by atoms with Gasteiger partial charge in [0.1, 0.15) is 5.88 Å². The summed E-state index contributed by atoms with van der Waals surface area (Å²) in [7, 11) is 1.24. The van der Waals surface area contributed by atoms with Gasteiger partial charge >= 0.3 is 6.11 Å². The summed E-state index contributed by atoms with van der Waals surface area (Å²) in [5.74, 6) is -0.947. The molecule has 0 aromatic rings. The summed E-state index contributed by atoms with van der Waals surface area (Å²) in [6.45, 7) is 0.541. The maximum Gasteiger partial charge on any atom is 0.375 e. The van der Waals surface area contributed by atoms with Gasteiger partial charge in [0.25, 0.3) is 6.64 Å². The lowest BCUT2D eigenvalue weighted by molar-refractivity contribution is -0.157. The van der Waals surface area contributed by atoms with E-state index < -0.39 is 18.6 Å². The molecule has 1 N–H and O–H groups in total. The highest BCUT2D eigenvalue weighted by Crippen LogP contribution is 2.49. The van der Waals surface area contributed by atoms with E-state index in [1.54, 1.807) is 0 Å². The molecule has 0 fully saturated rings. The summed E-state index contributed by atoms with van der Waals surface area (Å²) in [5, 5.41) is 2.73. The smallest absolute Gasteiger partial charge is 0.321 e. The van der Waals surface area contributed by atoms with Crippen LogP contribution in [0.25, 0.3) is 0 Å². The molecule has 3 nitrogen and oxygen atoms in total. The lowest BCUT2D eigenvalue weighted by Crippen LogP contribution is -2.30. The summed E-state index contributed by atoms with van der Waals surface area (Å²) < 4.78 is 35.0. The number of halogens is 3. The minimum Gasteiger partial charge on any atom is -0.321 e. The molecule has 0 aliphatic heterocycles. The van der Waals surface area contributed by atoms with Gasteiger partial charge in [-0.25, -0.2) is 5.09 Å². The van der Waals surface area contributed by atoms with Crippen LogP contribution in [0.3, 0.4) is 0 Å². The summed E-state index contributed by atoms with van der Waals surface area (Å²) >= 11 is 9.92. The van der Waals surface area contributed by atoms with Crippen molar-refractivity contribution < 1.29 is 17.8 Å². The van der Waals surface area contributed by atoms with Gasteiger partial charge in [0.05, 0.1) is 0 Å². The standard InChI is InChI=1S/C7H15ClF2NO2PS/c1-4-6(2)11-14(15,12-3)13-7(9,10)5-8/h6H,4-5H2,1-3H3,(H,11,15). The minimum atomic E-state index is -3.46. The van der Waals surface area contributed by atoms with Crippen LogP contribution in [0.2, 0.25) is 0 Å². The monoisotopic (exact) mass is 281 g/mol. The lowest BCUT2D eigenvalue weighted by Gasteiger charge is -2.27. The molecule has 0 spiro atoms. The Balaban J connectivity index is 4.51. The molecule has 2 atom stereocenters. The molecular weight excluding hydrogens is 267 g/mol. The van der Waals surface area contributed by atoms with E-state index in [4.69, 9.17) is 27.9 Å². The SMILES string of the molecule is CCC(C)NP(=S)(OC)OC(F)(F)CCl. The van der Waals surface area contributed by atoms with Crippen molar-refractivity contribution in [3.05, 3.63) is 0 Å². The zero-order valence-electron chi connectivity index (χ0n) is 8.80. The van der Waals surface area contributed by atoms with Gasteiger partial charge in [-0.1, -0.05) is 6.92 Å². The van der Waals surface area contributed by atoms with Crippen LogP contribution < -0.4 is 5.09 Å². The van der Waals surface area contributed by atoms with Crippen molar-refractivity contribution in [3.8, 4) is 0 Å². The first-order valence-corrected chi connectivity index (χ1v) is 7.54. The van der Waals surface area contributed by atoms with Crippen LogP contribution in [-0.4, -0.2) is 25.1 Å².